The number of phenolic OH excluding ortho intramolecular Hbond substituents is 1. The number of phenols is 1. The maximum absolute atomic E-state index is 9.96. The fourth-order valence-corrected chi connectivity index (χ4v) is 3.46. The van der Waals surface area contributed by atoms with E-state index >= 15 is 0 Å². The smallest absolute Gasteiger partial charge is 0.118 e. The Hall–Kier alpha value is -1.96. The highest BCUT2D eigenvalue weighted by Gasteiger charge is 2.14. The Bertz CT molecular complexity index is 653. The molecule has 0 heterocycles. The van der Waals surface area contributed by atoms with Gasteiger partial charge in [-0.3, -0.25) is 0 Å². The van der Waals surface area contributed by atoms with Gasteiger partial charge in [0.2, 0.25) is 0 Å². The molecule has 0 bridgehead atoms. The Morgan fingerprint density at radius 3 is 2.29 bits per heavy atom. The third-order valence-corrected chi connectivity index (χ3v) is 4.47. The molecule has 2 aromatic carbocycles. The van der Waals surface area contributed by atoms with Crippen molar-refractivity contribution < 1.29 is 5.11 Å². The zero-order chi connectivity index (χ0) is 17.7. The average Bonchev–Trinajstić information content (AvgIpc) is 2.50. The second kappa shape index (κ2) is 8.23. The van der Waals surface area contributed by atoms with Crippen molar-refractivity contribution in [3.05, 3.63) is 59.2 Å². The molecule has 2 rings (SSSR count). The summed E-state index contributed by atoms with van der Waals surface area (Å²) in [5.74, 6) is 0.417. The van der Waals surface area contributed by atoms with E-state index in [1.807, 2.05) is 6.07 Å². The highest BCUT2D eigenvalue weighted by Crippen LogP contribution is 2.24. The summed E-state index contributed by atoms with van der Waals surface area (Å²) in [7, 11) is 0. The first-order valence-electron chi connectivity index (χ1n) is 9.04. The van der Waals surface area contributed by atoms with Crippen LogP contribution >= 0.6 is 0 Å². The maximum Gasteiger partial charge on any atom is 0.118 e. The van der Waals surface area contributed by atoms with Crippen LogP contribution in [0.25, 0.3) is 0 Å². The SMILES string of the molecule is Cc1ccc(O)c(CCCc2cccc(N(C(C)C)C(C)C)c2)c1. The van der Waals surface area contributed by atoms with Crippen molar-refractivity contribution in [1.82, 2.24) is 0 Å². The summed E-state index contributed by atoms with van der Waals surface area (Å²) in [4.78, 5) is 2.45. The largest absolute Gasteiger partial charge is 0.508 e. The predicted octanol–water partition coefficient (Wildman–Crippen LogP) is 5.50. The van der Waals surface area contributed by atoms with E-state index in [0.717, 1.165) is 24.8 Å². The third kappa shape index (κ3) is 4.77. The zero-order valence-electron chi connectivity index (χ0n) is 15.7. The lowest BCUT2D eigenvalue weighted by Crippen LogP contribution is -2.36. The van der Waals surface area contributed by atoms with Crippen LogP contribution in [0.15, 0.2) is 42.5 Å². The van der Waals surface area contributed by atoms with E-state index in [2.05, 4.69) is 69.9 Å². The topological polar surface area (TPSA) is 23.5 Å². The Morgan fingerprint density at radius 1 is 0.917 bits per heavy atom. The number of hydrogen-bond donors (Lipinski definition) is 1. The quantitative estimate of drug-likeness (QED) is 0.726. The van der Waals surface area contributed by atoms with Crippen LogP contribution in [-0.2, 0) is 12.8 Å². The molecule has 0 saturated heterocycles. The lowest BCUT2D eigenvalue weighted by Gasteiger charge is -2.33. The number of hydrogen-bond acceptors (Lipinski definition) is 2. The van der Waals surface area contributed by atoms with E-state index in [4.69, 9.17) is 0 Å². The van der Waals surface area contributed by atoms with E-state index in [9.17, 15) is 5.11 Å². The molecule has 24 heavy (non-hydrogen) atoms. The molecule has 0 atom stereocenters. The minimum absolute atomic E-state index is 0.417. The molecule has 2 heteroatoms. The average molecular weight is 325 g/mol. The fourth-order valence-electron chi connectivity index (χ4n) is 3.46. The van der Waals surface area contributed by atoms with Crippen molar-refractivity contribution in [2.24, 2.45) is 0 Å². The summed E-state index contributed by atoms with van der Waals surface area (Å²) < 4.78 is 0. The second-order valence-corrected chi connectivity index (χ2v) is 7.25. The van der Waals surface area contributed by atoms with Crippen LogP contribution in [0.4, 0.5) is 5.69 Å². The van der Waals surface area contributed by atoms with Gasteiger partial charge < -0.3 is 10.0 Å². The molecular weight excluding hydrogens is 294 g/mol. The number of nitrogens with zero attached hydrogens (tertiary/aromatic N) is 1. The number of anilines is 1. The minimum atomic E-state index is 0.417. The summed E-state index contributed by atoms with van der Waals surface area (Å²) in [5.41, 5.74) is 4.92. The zero-order valence-corrected chi connectivity index (χ0v) is 15.7. The standard InChI is InChI=1S/C22H31NO/c1-16(2)23(17(3)4)21-11-7-9-19(15-21)8-6-10-20-14-18(5)12-13-22(20)24/h7,9,11-17,24H,6,8,10H2,1-5H3. The normalized spacial score (nSPS) is 11.3. The van der Waals surface area contributed by atoms with Gasteiger partial charge in [-0.2, -0.15) is 0 Å². The van der Waals surface area contributed by atoms with Gasteiger partial charge >= 0.3 is 0 Å². The van der Waals surface area contributed by atoms with Crippen molar-refractivity contribution >= 4 is 5.69 Å². The van der Waals surface area contributed by atoms with Crippen LogP contribution in [0.1, 0.15) is 50.8 Å². The molecule has 0 amide bonds. The molecule has 0 fully saturated rings. The number of benzene rings is 2. The highest BCUT2D eigenvalue weighted by molar-refractivity contribution is 5.50. The van der Waals surface area contributed by atoms with Crippen molar-refractivity contribution in [1.29, 1.82) is 0 Å². The Labute approximate surface area is 147 Å². The van der Waals surface area contributed by atoms with E-state index < -0.39 is 0 Å². The monoisotopic (exact) mass is 325 g/mol. The molecule has 1 N–H and O–H groups in total. The lowest BCUT2D eigenvalue weighted by atomic mass is 10.0. The molecule has 130 valence electrons. The van der Waals surface area contributed by atoms with E-state index in [1.54, 1.807) is 6.07 Å². The highest BCUT2D eigenvalue weighted by atomic mass is 16.3. The van der Waals surface area contributed by atoms with E-state index in [-0.39, 0.29) is 0 Å². The van der Waals surface area contributed by atoms with E-state index in [0.29, 0.717) is 17.8 Å². The van der Waals surface area contributed by atoms with Gasteiger partial charge in [0.05, 0.1) is 0 Å². The van der Waals surface area contributed by atoms with Gasteiger partial charge in [0, 0.05) is 17.8 Å². The molecule has 2 nitrogen and oxygen atoms in total. The Morgan fingerprint density at radius 2 is 1.62 bits per heavy atom. The molecule has 0 aromatic heterocycles. The van der Waals surface area contributed by atoms with Crippen LogP contribution in [0, 0.1) is 6.92 Å². The Balaban J connectivity index is 2.03. The summed E-state index contributed by atoms with van der Waals surface area (Å²) in [6, 6.07) is 15.7. The van der Waals surface area contributed by atoms with Gasteiger partial charge in [-0.15, -0.1) is 0 Å². The molecule has 0 aliphatic carbocycles. The molecule has 0 saturated carbocycles. The van der Waals surface area contributed by atoms with Crippen LogP contribution in [0.2, 0.25) is 0 Å². The molecule has 0 unspecified atom stereocenters. The first-order valence-corrected chi connectivity index (χ1v) is 9.04. The first kappa shape index (κ1) is 18.4. The third-order valence-electron chi connectivity index (χ3n) is 4.47. The van der Waals surface area contributed by atoms with Crippen molar-refractivity contribution in [2.45, 2.75) is 66.0 Å². The molecule has 0 radical (unpaired) electrons. The summed E-state index contributed by atoms with van der Waals surface area (Å²) in [6.07, 6.45) is 2.99. The summed E-state index contributed by atoms with van der Waals surface area (Å²) in [5, 5.41) is 9.96. The van der Waals surface area contributed by atoms with Crippen molar-refractivity contribution in [3.63, 3.8) is 0 Å². The number of aromatic hydroxyl groups is 1. The maximum atomic E-state index is 9.96. The van der Waals surface area contributed by atoms with Crippen LogP contribution in [0.5, 0.6) is 5.75 Å². The molecule has 2 aromatic rings. The van der Waals surface area contributed by atoms with Crippen LogP contribution in [-0.4, -0.2) is 17.2 Å². The van der Waals surface area contributed by atoms with E-state index in [1.165, 1.54) is 16.8 Å². The van der Waals surface area contributed by atoms with Gasteiger partial charge in [0.1, 0.15) is 5.75 Å². The Kier molecular flexibility index (Phi) is 6.30. The summed E-state index contributed by atoms with van der Waals surface area (Å²) >= 11 is 0. The molecule has 0 aliphatic rings. The fraction of sp³-hybridized carbons (Fsp3) is 0.455. The predicted molar refractivity (Wildman–Crippen MR) is 104 cm³/mol. The second-order valence-electron chi connectivity index (χ2n) is 7.25. The molecule has 0 spiro atoms. The van der Waals surface area contributed by atoms with Crippen molar-refractivity contribution in [2.75, 3.05) is 4.90 Å². The van der Waals surface area contributed by atoms with Crippen molar-refractivity contribution in [3.8, 4) is 5.75 Å². The minimum Gasteiger partial charge on any atom is -0.508 e. The molecular formula is C22H31NO. The first-order chi connectivity index (χ1) is 11.4. The van der Waals surface area contributed by atoms with Gasteiger partial charge in [0.25, 0.3) is 0 Å². The lowest BCUT2D eigenvalue weighted by molar-refractivity contribution is 0.467. The van der Waals surface area contributed by atoms with Gasteiger partial charge in [-0.25, -0.2) is 0 Å². The summed E-state index contributed by atoms with van der Waals surface area (Å²) in [6.45, 7) is 11.0. The van der Waals surface area contributed by atoms with Crippen LogP contribution in [0.3, 0.4) is 0 Å². The molecule has 0 aliphatic heterocycles. The van der Waals surface area contributed by atoms with Gasteiger partial charge in [0.15, 0.2) is 0 Å². The number of aryl methyl sites for hydroxylation is 3. The van der Waals surface area contributed by atoms with Crippen LogP contribution < -0.4 is 4.90 Å². The van der Waals surface area contributed by atoms with Gasteiger partial charge in [-0.1, -0.05) is 29.8 Å². The van der Waals surface area contributed by atoms with Gasteiger partial charge in [-0.05, 0) is 83.2 Å². The number of rotatable bonds is 7.